The van der Waals surface area contributed by atoms with Crippen LogP contribution in [0.15, 0.2) is 45.5 Å². The van der Waals surface area contributed by atoms with E-state index < -0.39 is 6.10 Å². The summed E-state index contributed by atoms with van der Waals surface area (Å²) in [6.45, 7) is 0. The number of benzene rings is 1. The molecule has 6 heteroatoms. The van der Waals surface area contributed by atoms with Crippen molar-refractivity contribution in [1.82, 2.24) is 9.97 Å². The molecule has 0 aliphatic heterocycles. The number of nitrogens with zero attached hydrogens (tertiary/aromatic N) is 2. The Morgan fingerprint density at radius 2 is 2.10 bits per heavy atom. The molecule has 0 radical (unpaired) electrons. The van der Waals surface area contributed by atoms with Crippen molar-refractivity contribution in [3.63, 3.8) is 0 Å². The van der Waals surface area contributed by atoms with Gasteiger partial charge < -0.3 is 14.3 Å². The van der Waals surface area contributed by atoms with E-state index in [4.69, 9.17) is 9.15 Å². The van der Waals surface area contributed by atoms with Gasteiger partial charge in [-0.3, -0.25) is 4.98 Å². The normalized spacial score (nSPS) is 12.6. The van der Waals surface area contributed by atoms with Crippen molar-refractivity contribution < 1.29 is 14.3 Å². The lowest BCUT2D eigenvalue weighted by Gasteiger charge is -2.09. The Labute approximate surface area is 123 Å². The van der Waals surface area contributed by atoms with Gasteiger partial charge in [0.05, 0.1) is 11.6 Å². The fraction of sp³-hybridized carbons (Fsp3) is 0.143. The summed E-state index contributed by atoms with van der Waals surface area (Å²) < 4.78 is 11.6. The van der Waals surface area contributed by atoms with Gasteiger partial charge in [-0.25, -0.2) is 4.98 Å². The topological polar surface area (TPSA) is 68.4 Å². The summed E-state index contributed by atoms with van der Waals surface area (Å²) in [5.74, 6) is 0.672. The lowest BCUT2D eigenvalue weighted by Crippen LogP contribution is -2.05. The minimum Gasteiger partial charge on any atom is -0.480 e. The van der Waals surface area contributed by atoms with Crippen LogP contribution in [0.25, 0.3) is 11.0 Å². The monoisotopic (exact) mass is 334 g/mol. The smallest absolute Gasteiger partial charge is 0.238 e. The molecule has 0 spiro atoms. The van der Waals surface area contributed by atoms with Gasteiger partial charge in [0.1, 0.15) is 17.0 Å². The summed E-state index contributed by atoms with van der Waals surface area (Å²) in [4.78, 5) is 8.13. The number of ether oxygens (including phenoxy) is 1. The second kappa shape index (κ2) is 5.22. The summed E-state index contributed by atoms with van der Waals surface area (Å²) in [7, 11) is 1.48. The fourth-order valence-corrected chi connectivity index (χ4v) is 2.46. The van der Waals surface area contributed by atoms with Gasteiger partial charge >= 0.3 is 0 Å². The van der Waals surface area contributed by atoms with Crippen molar-refractivity contribution >= 4 is 26.9 Å². The second-order valence-corrected chi connectivity index (χ2v) is 5.01. The molecule has 5 nitrogen and oxygen atoms in total. The third kappa shape index (κ3) is 2.17. The number of furan rings is 1. The summed E-state index contributed by atoms with van der Waals surface area (Å²) in [5, 5.41) is 11.3. The van der Waals surface area contributed by atoms with Gasteiger partial charge in [0.25, 0.3) is 0 Å². The predicted molar refractivity (Wildman–Crippen MR) is 76.6 cm³/mol. The molecule has 102 valence electrons. The largest absolute Gasteiger partial charge is 0.480 e. The van der Waals surface area contributed by atoms with Crippen LogP contribution in [0, 0.1) is 0 Å². The van der Waals surface area contributed by atoms with Gasteiger partial charge in [-0.15, -0.1) is 0 Å². The summed E-state index contributed by atoms with van der Waals surface area (Å²) >= 11 is 3.42. The van der Waals surface area contributed by atoms with E-state index in [1.54, 1.807) is 6.07 Å². The van der Waals surface area contributed by atoms with Crippen LogP contribution in [0.4, 0.5) is 0 Å². The van der Waals surface area contributed by atoms with Crippen LogP contribution in [0.3, 0.4) is 0 Å². The van der Waals surface area contributed by atoms with Crippen molar-refractivity contribution in [2.75, 3.05) is 7.11 Å². The van der Waals surface area contributed by atoms with E-state index in [2.05, 4.69) is 25.9 Å². The van der Waals surface area contributed by atoms with Crippen LogP contribution >= 0.6 is 15.9 Å². The highest BCUT2D eigenvalue weighted by atomic mass is 79.9. The molecule has 0 bridgehead atoms. The zero-order valence-corrected chi connectivity index (χ0v) is 12.2. The first-order chi connectivity index (χ1) is 9.70. The molecule has 0 saturated heterocycles. The maximum atomic E-state index is 10.4. The number of hydrogen-bond acceptors (Lipinski definition) is 5. The summed E-state index contributed by atoms with van der Waals surface area (Å²) in [6.07, 6.45) is 1.97. The Morgan fingerprint density at radius 1 is 1.30 bits per heavy atom. The number of aliphatic hydroxyl groups is 1. The molecule has 0 fully saturated rings. The van der Waals surface area contributed by atoms with Gasteiger partial charge in [-0.1, -0.05) is 12.1 Å². The highest BCUT2D eigenvalue weighted by molar-refractivity contribution is 9.10. The zero-order valence-electron chi connectivity index (χ0n) is 10.6. The summed E-state index contributed by atoms with van der Waals surface area (Å²) in [6, 6.07) is 7.47. The van der Waals surface area contributed by atoms with Gasteiger partial charge in [0.2, 0.25) is 5.88 Å². The SMILES string of the molecule is COc1nccnc1C(O)c1cc2cccc(Br)c2o1. The maximum Gasteiger partial charge on any atom is 0.238 e. The number of rotatable bonds is 3. The lowest BCUT2D eigenvalue weighted by molar-refractivity contribution is 0.181. The van der Waals surface area contributed by atoms with Crippen molar-refractivity contribution in [1.29, 1.82) is 0 Å². The van der Waals surface area contributed by atoms with E-state index in [0.29, 0.717) is 17.0 Å². The first-order valence-electron chi connectivity index (χ1n) is 5.91. The van der Waals surface area contributed by atoms with E-state index in [-0.39, 0.29) is 5.88 Å². The molecule has 20 heavy (non-hydrogen) atoms. The van der Waals surface area contributed by atoms with Gasteiger partial charge in [0.15, 0.2) is 6.10 Å². The number of para-hydroxylation sites is 1. The molecular formula is C14H11BrN2O3. The quantitative estimate of drug-likeness (QED) is 0.797. The van der Waals surface area contributed by atoms with Crippen LogP contribution in [0.1, 0.15) is 17.6 Å². The average molecular weight is 335 g/mol. The lowest BCUT2D eigenvalue weighted by atomic mass is 10.2. The number of hydrogen-bond donors (Lipinski definition) is 1. The molecule has 1 atom stereocenters. The minimum atomic E-state index is -1.03. The van der Waals surface area contributed by atoms with Crippen LogP contribution in [-0.4, -0.2) is 22.2 Å². The van der Waals surface area contributed by atoms with Crippen LogP contribution in [0.5, 0.6) is 5.88 Å². The fourth-order valence-electron chi connectivity index (χ4n) is 2.00. The molecule has 3 aromatic rings. The average Bonchev–Trinajstić information content (AvgIpc) is 2.92. The van der Waals surface area contributed by atoms with E-state index >= 15 is 0 Å². The van der Waals surface area contributed by atoms with Gasteiger partial charge in [-0.05, 0) is 28.1 Å². The molecule has 0 amide bonds. The van der Waals surface area contributed by atoms with E-state index in [1.165, 1.54) is 19.5 Å². The molecule has 3 rings (SSSR count). The highest BCUT2D eigenvalue weighted by Crippen LogP contribution is 2.33. The van der Waals surface area contributed by atoms with Crippen molar-refractivity contribution in [3.05, 3.63) is 52.6 Å². The van der Waals surface area contributed by atoms with Crippen LogP contribution < -0.4 is 4.74 Å². The van der Waals surface area contributed by atoms with Crippen molar-refractivity contribution in [3.8, 4) is 5.88 Å². The number of aliphatic hydroxyl groups excluding tert-OH is 1. The molecule has 0 aliphatic rings. The predicted octanol–water partition coefficient (Wildman–Crippen LogP) is 3.08. The molecule has 2 aromatic heterocycles. The Balaban J connectivity index is 2.08. The Morgan fingerprint density at radius 3 is 2.85 bits per heavy atom. The van der Waals surface area contributed by atoms with Crippen LogP contribution in [0.2, 0.25) is 0 Å². The van der Waals surface area contributed by atoms with Crippen molar-refractivity contribution in [2.24, 2.45) is 0 Å². The first kappa shape index (κ1) is 13.1. The Kier molecular flexibility index (Phi) is 3.42. The molecule has 0 aliphatic carbocycles. The van der Waals surface area contributed by atoms with Gasteiger partial charge in [-0.2, -0.15) is 0 Å². The molecular weight excluding hydrogens is 324 g/mol. The molecule has 1 aromatic carbocycles. The van der Waals surface area contributed by atoms with E-state index in [0.717, 1.165) is 9.86 Å². The summed E-state index contributed by atoms with van der Waals surface area (Å²) in [5.41, 5.74) is 1.01. The Hall–Kier alpha value is -1.92. The minimum absolute atomic E-state index is 0.277. The number of aromatic nitrogens is 2. The Bertz CT molecular complexity index is 757. The van der Waals surface area contributed by atoms with Gasteiger partial charge in [0, 0.05) is 17.8 Å². The first-order valence-corrected chi connectivity index (χ1v) is 6.71. The standard InChI is InChI=1S/C14H11BrN2O3/c1-19-14-11(16-5-6-17-14)12(18)10-7-8-3-2-4-9(15)13(8)20-10/h2-7,12,18H,1H3. The van der Waals surface area contributed by atoms with E-state index in [9.17, 15) is 5.11 Å². The third-order valence-corrected chi connectivity index (χ3v) is 3.55. The molecule has 1 unspecified atom stereocenters. The number of halogens is 1. The zero-order chi connectivity index (χ0) is 14.1. The van der Waals surface area contributed by atoms with Crippen molar-refractivity contribution in [2.45, 2.75) is 6.10 Å². The number of methoxy groups -OCH3 is 1. The second-order valence-electron chi connectivity index (χ2n) is 4.16. The maximum absolute atomic E-state index is 10.4. The number of fused-ring (bicyclic) bond motifs is 1. The highest BCUT2D eigenvalue weighted by Gasteiger charge is 2.22. The molecule has 0 saturated carbocycles. The van der Waals surface area contributed by atoms with E-state index in [1.807, 2.05) is 18.2 Å². The molecule has 1 N–H and O–H groups in total. The third-order valence-electron chi connectivity index (χ3n) is 2.93. The molecule has 2 heterocycles. The van der Waals surface area contributed by atoms with Crippen LogP contribution in [-0.2, 0) is 0 Å².